The van der Waals surface area contributed by atoms with Gasteiger partial charge in [0.2, 0.25) is 11.8 Å². The van der Waals surface area contributed by atoms with Crippen molar-refractivity contribution in [2.45, 2.75) is 25.3 Å². The van der Waals surface area contributed by atoms with E-state index < -0.39 is 0 Å². The van der Waals surface area contributed by atoms with Gasteiger partial charge in [-0.3, -0.25) is 9.59 Å². The highest BCUT2D eigenvalue weighted by Crippen LogP contribution is 2.01. The zero-order valence-corrected chi connectivity index (χ0v) is 9.38. The van der Waals surface area contributed by atoms with E-state index in [9.17, 15) is 9.59 Å². The second kappa shape index (κ2) is 5.70. The Hall–Kier alpha value is -1.10. The van der Waals surface area contributed by atoms with E-state index in [2.05, 4.69) is 10.6 Å². The largest absolute Gasteiger partial charge is 0.352 e. The number of nitrogens with zero attached hydrogens (tertiary/aromatic N) is 1. The molecule has 0 aliphatic carbocycles. The SMILES string of the molecule is CN(C)C(=O)CC(=O)NC1CCCNC1. The van der Waals surface area contributed by atoms with Crippen molar-refractivity contribution in [3.63, 3.8) is 0 Å². The maximum absolute atomic E-state index is 11.4. The molecule has 1 fully saturated rings. The van der Waals surface area contributed by atoms with E-state index in [1.807, 2.05) is 0 Å². The molecule has 1 saturated heterocycles. The molecule has 0 spiro atoms. The van der Waals surface area contributed by atoms with Gasteiger partial charge in [-0.15, -0.1) is 0 Å². The van der Waals surface area contributed by atoms with Crippen LogP contribution in [0.4, 0.5) is 0 Å². The molecular formula is C10H19N3O2. The maximum atomic E-state index is 11.4. The second-order valence-electron chi connectivity index (χ2n) is 4.08. The Morgan fingerprint density at radius 2 is 2.20 bits per heavy atom. The second-order valence-corrected chi connectivity index (χ2v) is 4.08. The van der Waals surface area contributed by atoms with Gasteiger partial charge in [0.05, 0.1) is 0 Å². The predicted octanol–water partition coefficient (Wildman–Crippen LogP) is -0.667. The van der Waals surface area contributed by atoms with E-state index in [0.29, 0.717) is 0 Å². The monoisotopic (exact) mass is 213 g/mol. The molecule has 0 aromatic rings. The fourth-order valence-electron chi connectivity index (χ4n) is 1.55. The van der Waals surface area contributed by atoms with Crippen LogP contribution < -0.4 is 10.6 Å². The van der Waals surface area contributed by atoms with Crippen LogP contribution in [-0.2, 0) is 9.59 Å². The maximum Gasteiger partial charge on any atom is 0.231 e. The molecule has 1 rings (SSSR count). The van der Waals surface area contributed by atoms with Crippen molar-refractivity contribution in [2.24, 2.45) is 0 Å². The minimum Gasteiger partial charge on any atom is -0.352 e. The number of hydrogen-bond donors (Lipinski definition) is 2. The molecule has 5 heteroatoms. The number of nitrogens with one attached hydrogen (secondary N) is 2. The zero-order valence-electron chi connectivity index (χ0n) is 9.38. The molecule has 1 unspecified atom stereocenters. The van der Waals surface area contributed by atoms with Gasteiger partial charge in [0, 0.05) is 26.7 Å². The Balaban J connectivity index is 2.25. The molecule has 0 saturated carbocycles. The minimum absolute atomic E-state index is 0.0521. The highest BCUT2D eigenvalue weighted by atomic mass is 16.2. The van der Waals surface area contributed by atoms with Gasteiger partial charge in [-0.1, -0.05) is 0 Å². The van der Waals surface area contributed by atoms with E-state index in [4.69, 9.17) is 0 Å². The highest BCUT2D eigenvalue weighted by molar-refractivity contribution is 5.96. The zero-order chi connectivity index (χ0) is 11.3. The van der Waals surface area contributed by atoms with Gasteiger partial charge in [0.25, 0.3) is 0 Å². The lowest BCUT2D eigenvalue weighted by atomic mass is 10.1. The Bertz CT molecular complexity index is 235. The number of hydrogen-bond acceptors (Lipinski definition) is 3. The first-order chi connectivity index (χ1) is 7.09. The fourth-order valence-corrected chi connectivity index (χ4v) is 1.55. The van der Waals surface area contributed by atoms with Crippen LogP contribution in [0.3, 0.4) is 0 Å². The van der Waals surface area contributed by atoms with Crippen LogP contribution in [0.15, 0.2) is 0 Å². The van der Waals surface area contributed by atoms with Gasteiger partial charge in [-0.05, 0) is 19.4 Å². The summed E-state index contributed by atoms with van der Waals surface area (Å²) >= 11 is 0. The smallest absolute Gasteiger partial charge is 0.231 e. The molecule has 0 aromatic carbocycles. The van der Waals surface area contributed by atoms with Gasteiger partial charge in [0.1, 0.15) is 6.42 Å². The highest BCUT2D eigenvalue weighted by Gasteiger charge is 2.17. The summed E-state index contributed by atoms with van der Waals surface area (Å²) in [5.41, 5.74) is 0. The van der Waals surface area contributed by atoms with Crippen molar-refractivity contribution >= 4 is 11.8 Å². The molecule has 1 aliphatic rings. The predicted molar refractivity (Wildman–Crippen MR) is 57.3 cm³/mol. The summed E-state index contributed by atoms with van der Waals surface area (Å²) in [5.74, 6) is -0.335. The van der Waals surface area contributed by atoms with Gasteiger partial charge in [0.15, 0.2) is 0 Å². The molecule has 5 nitrogen and oxygen atoms in total. The van der Waals surface area contributed by atoms with Crippen LogP contribution in [0.25, 0.3) is 0 Å². The van der Waals surface area contributed by atoms with Crippen LogP contribution in [0.2, 0.25) is 0 Å². The number of amides is 2. The van der Waals surface area contributed by atoms with Gasteiger partial charge in [-0.2, -0.15) is 0 Å². The molecule has 0 aromatic heterocycles. The molecule has 1 heterocycles. The Labute approximate surface area is 90.2 Å². The third-order valence-corrected chi connectivity index (χ3v) is 2.47. The van der Waals surface area contributed by atoms with Crippen molar-refractivity contribution in [1.29, 1.82) is 0 Å². The van der Waals surface area contributed by atoms with Crippen LogP contribution in [-0.4, -0.2) is 49.9 Å². The van der Waals surface area contributed by atoms with Crippen molar-refractivity contribution in [1.82, 2.24) is 15.5 Å². The summed E-state index contributed by atoms with van der Waals surface area (Å²) < 4.78 is 0. The topological polar surface area (TPSA) is 61.4 Å². The first-order valence-corrected chi connectivity index (χ1v) is 5.30. The minimum atomic E-state index is -0.178. The number of carbonyl (C=O) groups is 2. The molecular weight excluding hydrogens is 194 g/mol. The number of piperidine rings is 1. The van der Waals surface area contributed by atoms with Gasteiger partial charge < -0.3 is 15.5 Å². The van der Waals surface area contributed by atoms with Crippen molar-refractivity contribution in [3.8, 4) is 0 Å². The summed E-state index contributed by atoms with van der Waals surface area (Å²) in [6.07, 6.45) is 2.02. The summed E-state index contributed by atoms with van der Waals surface area (Å²) in [4.78, 5) is 24.1. The fraction of sp³-hybridized carbons (Fsp3) is 0.800. The summed E-state index contributed by atoms with van der Waals surface area (Å²) in [6.45, 7) is 1.82. The van der Waals surface area contributed by atoms with E-state index in [0.717, 1.165) is 25.9 Å². The van der Waals surface area contributed by atoms with E-state index >= 15 is 0 Å². The lowest BCUT2D eigenvalue weighted by Gasteiger charge is -2.23. The molecule has 2 N–H and O–H groups in total. The van der Waals surface area contributed by atoms with E-state index in [1.54, 1.807) is 14.1 Å². The van der Waals surface area contributed by atoms with Crippen LogP contribution >= 0.6 is 0 Å². The molecule has 86 valence electrons. The first kappa shape index (κ1) is 12.0. The molecule has 0 bridgehead atoms. The average molecular weight is 213 g/mol. The summed E-state index contributed by atoms with van der Waals surface area (Å²) in [6, 6.07) is 0.182. The van der Waals surface area contributed by atoms with E-state index in [1.165, 1.54) is 4.90 Å². The molecule has 1 aliphatic heterocycles. The lowest BCUT2D eigenvalue weighted by molar-refractivity contribution is -0.134. The Kier molecular flexibility index (Phi) is 4.55. The summed E-state index contributed by atoms with van der Waals surface area (Å²) in [5, 5.41) is 6.06. The van der Waals surface area contributed by atoms with Crippen LogP contribution in [0, 0.1) is 0 Å². The Morgan fingerprint density at radius 1 is 1.47 bits per heavy atom. The molecule has 1 atom stereocenters. The van der Waals surface area contributed by atoms with Crippen LogP contribution in [0.1, 0.15) is 19.3 Å². The van der Waals surface area contributed by atoms with Crippen LogP contribution in [0.5, 0.6) is 0 Å². The van der Waals surface area contributed by atoms with Crippen molar-refractivity contribution in [2.75, 3.05) is 27.2 Å². The van der Waals surface area contributed by atoms with Gasteiger partial charge >= 0.3 is 0 Å². The van der Waals surface area contributed by atoms with E-state index in [-0.39, 0.29) is 24.3 Å². The molecule has 15 heavy (non-hydrogen) atoms. The molecule has 0 radical (unpaired) electrons. The van der Waals surface area contributed by atoms with Crippen molar-refractivity contribution < 1.29 is 9.59 Å². The first-order valence-electron chi connectivity index (χ1n) is 5.30. The summed E-state index contributed by atoms with van der Waals surface area (Å²) in [7, 11) is 3.30. The normalized spacial score (nSPS) is 20.8. The standard InChI is InChI=1S/C10H19N3O2/c1-13(2)10(15)6-9(14)12-8-4-3-5-11-7-8/h8,11H,3-7H2,1-2H3,(H,12,14). The van der Waals surface area contributed by atoms with Crippen molar-refractivity contribution in [3.05, 3.63) is 0 Å². The number of carbonyl (C=O) groups excluding carboxylic acids is 2. The number of rotatable bonds is 3. The Morgan fingerprint density at radius 3 is 2.73 bits per heavy atom. The molecule has 2 amide bonds. The third kappa shape index (κ3) is 4.29. The van der Waals surface area contributed by atoms with Gasteiger partial charge in [-0.25, -0.2) is 0 Å². The quantitative estimate of drug-likeness (QED) is 0.611. The average Bonchev–Trinajstić information content (AvgIpc) is 2.18. The third-order valence-electron chi connectivity index (χ3n) is 2.47. The lowest BCUT2D eigenvalue weighted by Crippen LogP contribution is -2.46.